The van der Waals surface area contributed by atoms with Crippen LogP contribution < -0.4 is 0 Å². The Morgan fingerprint density at radius 2 is 1.97 bits per heavy atom. The summed E-state index contributed by atoms with van der Waals surface area (Å²) in [5.41, 5.74) is 3.93. The third kappa shape index (κ3) is 4.99. The highest BCUT2D eigenvalue weighted by Crippen LogP contribution is 2.35. The number of rotatable bonds is 7. The minimum Gasteiger partial charge on any atom is -0.481 e. The third-order valence-electron chi connectivity index (χ3n) is 5.17. The number of nitriles is 1. The fourth-order valence-corrected chi connectivity index (χ4v) is 5.34. The Morgan fingerprint density at radius 1 is 1.26 bits per heavy atom. The van der Waals surface area contributed by atoms with Crippen LogP contribution in [0.1, 0.15) is 25.0 Å². The molecule has 5 nitrogen and oxygen atoms in total. The van der Waals surface area contributed by atoms with E-state index < -0.39 is 5.97 Å². The molecule has 0 aliphatic carbocycles. The van der Waals surface area contributed by atoms with E-state index >= 15 is 0 Å². The second-order valence-electron chi connectivity index (χ2n) is 7.95. The van der Waals surface area contributed by atoms with Crippen molar-refractivity contribution in [3.05, 3.63) is 59.8 Å². The van der Waals surface area contributed by atoms with Crippen molar-refractivity contribution in [1.82, 2.24) is 9.88 Å². The molecule has 2 aromatic carbocycles. The normalized spacial score (nSPS) is 14.4. The van der Waals surface area contributed by atoms with Crippen LogP contribution in [0.3, 0.4) is 0 Å². The molecule has 1 aliphatic heterocycles. The van der Waals surface area contributed by atoms with Crippen LogP contribution in [-0.2, 0) is 11.3 Å². The zero-order valence-electron chi connectivity index (χ0n) is 17.4. The van der Waals surface area contributed by atoms with Gasteiger partial charge in [0.25, 0.3) is 0 Å². The largest absolute Gasteiger partial charge is 0.481 e. The summed E-state index contributed by atoms with van der Waals surface area (Å²) in [4.78, 5) is 19.7. The Morgan fingerprint density at radius 3 is 2.61 bits per heavy atom. The highest BCUT2D eigenvalue weighted by molar-refractivity contribution is 8.00. The average molecular weight is 450 g/mol. The van der Waals surface area contributed by atoms with Gasteiger partial charge in [0.15, 0.2) is 0 Å². The van der Waals surface area contributed by atoms with Crippen molar-refractivity contribution in [2.24, 2.45) is 5.92 Å². The lowest BCUT2D eigenvalue weighted by atomic mass is 9.99. The second-order valence-corrected chi connectivity index (χ2v) is 10.6. The van der Waals surface area contributed by atoms with Crippen LogP contribution in [0.4, 0.5) is 0 Å². The summed E-state index contributed by atoms with van der Waals surface area (Å²) < 4.78 is 0. The summed E-state index contributed by atoms with van der Waals surface area (Å²) in [5, 5.41) is 19.9. The first-order chi connectivity index (χ1) is 14.9. The van der Waals surface area contributed by atoms with E-state index in [1.807, 2.05) is 18.3 Å². The summed E-state index contributed by atoms with van der Waals surface area (Å²) >= 11 is 3.31. The molecular weight excluding hydrogens is 426 g/mol. The van der Waals surface area contributed by atoms with Crippen LogP contribution >= 0.6 is 23.1 Å². The van der Waals surface area contributed by atoms with Crippen LogP contribution in [0.15, 0.2) is 53.6 Å². The maximum Gasteiger partial charge on any atom is 0.309 e. The molecule has 0 saturated carbocycles. The van der Waals surface area contributed by atoms with Crippen LogP contribution in [0, 0.1) is 17.2 Å². The van der Waals surface area contributed by atoms with Crippen LogP contribution in [-0.4, -0.2) is 39.3 Å². The Bertz CT molecular complexity index is 1130. The molecule has 0 radical (unpaired) electrons. The van der Waals surface area contributed by atoms with Gasteiger partial charge in [0.05, 0.1) is 16.4 Å². The number of thioether (sulfide) groups is 1. The Kier molecular flexibility index (Phi) is 6.42. The van der Waals surface area contributed by atoms with Crippen molar-refractivity contribution >= 4 is 29.1 Å². The minimum atomic E-state index is -0.707. The molecule has 158 valence electrons. The van der Waals surface area contributed by atoms with Gasteiger partial charge in [-0.1, -0.05) is 44.2 Å². The zero-order valence-corrected chi connectivity index (χ0v) is 19.0. The SMILES string of the molecule is CC(C)Sc1ccc(-c2cnc(-c3ccc(CN4CC(C(=O)O)C4)cc3)s2)cc1C#N. The third-order valence-corrected chi connectivity index (χ3v) is 7.34. The number of carboxylic acid groups (broad SMARTS) is 1. The predicted molar refractivity (Wildman–Crippen MR) is 125 cm³/mol. The van der Waals surface area contributed by atoms with Crippen LogP contribution in [0.2, 0.25) is 0 Å². The quantitative estimate of drug-likeness (QED) is 0.489. The van der Waals surface area contributed by atoms with E-state index in [9.17, 15) is 10.1 Å². The number of aliphatic carboxylic acids is 1. The van der Waals surface area contributed by atoms with Gasteiger partial charge in [-0.05, 0) is 23.3 Å². The molecule has 0 bridgehead atoms. The van der Waals surface area contributed by atoms with E-state index in [4.69, 9.17) is 5.11 Å². The number of hydrogen-bond acceptors (Lipinski definition) is 6. The molecule has 2 heterocycles. The van der Waals surface area contributed by atoms with Gasteiger partial charge < -0.3 is 5.11 Å². The van der Waals surface area contributed by atoms with Gasteiger partial charge in [-0.15, -0.1) is 23.1 Å². The highest BCUT2D eigenvalue weighted by Gasteiger charge is 2.32. The van der Waals surface area contributed by atoms with E-state index in [2.05, 4.69) is 60.1 Å². The molecule has 4 rings (SSSR count). The van der Waals surface area contributed by atoms with E-state index in [0.717, 1.165) is 32.5 Å². The summed E-state index contributed by atoms with van der Waals surface area (Å²) in [6.07, 6.45) is 1.87. The van der Waals surface area contributed by atoms with Crippen LogP contribution in [0.25, 0.3) is 21.0 Å². The molecule has 0 spiro atoms. The lowest BCUT2D eigenvalue weighted by Gasteiger charge is -2.36. The van der Waals surface area contributed by atoms with Crippen molar-refractivity contribution in [2.75, 3.05) is 13.1 Å². The van der Waals surface area contributed by atoms with Crippen molar-refractivity contribution < 1.29 is 9.90 Å². The van der Waals surface area contributed by atoms with Gasteiger partial charge in [-0.3, -0.25) is 9.69 Å². The van der Waals surface area contributed by atoms with Gasteiger partial charge >= 0.3 is 5.97 Å². The number of nitrogens with zero attached hydrogens (tertiary/aromatic N) is 3. The minimum absolute atomic E-state index is 0.229. The first kappa shape index (κ1) is 21.6. The zero-order chi connectivity index (χ0) is 22.0. The van der Waals surface area contributed by atoms with Gasteiger partial charge in [-0.2, -0.15) is 5.26 Å². The molecule has 1 saturated heterocycles. The molecule has 1 fully saturated rings. The topological polar surface area (TPSA) is 77.2 Å². The Balaban J connectivity index is 1.45. The number of likely N-dealkylation sites (tertiary alicyclic amines) is 1. The van der Waals surface area contributed by atoms with Gasteiger partial charge in [0, 0.05) is 41.5 Å². The Hall–Kier alpha value is -2.66. The molecular formula is C24H23N3O2S2. The molecule has 3 aromatic rings. The van der Waals surface area contributed by atoms with E-state index in [0.29, 0.717) is 23.9 Å². The van der Waals surface area contributed by atoms with Crippen molar-refractivity contribution in [1.29, 1.82) is 5.26 Å². The smallest absolute Gasteiger partial charge is 0.309 e. The van der Waals surface area contributed by atoms with Crippen molar-refractivity contribution in [3.63, 3.8) is 0 Å². The summed E-state index contributed by atoms with van der Waals surface area (Å²) in [7, 11) is 0. The lowest BCUT2D eigenvalue weighted by Crippen LogP contribution is -2.49. The highest BCUT2D eigenvalue weighted by atomic mass is 32.2. The second kappa shape index (κ2) is 9.23. The number of carboxylic acids is 1. The molecule has 1 aliphatic rings. The number of hydrogen-bond donors (Lipinski definition) is 1. The fraction of sp³-hybridized carbons (Fsp3) is 0.292. The van der Waals surface area contributed by atoms with Gasteiger partial charge in [0.2, 0.25) is 0 Å². The summed E-state index contributed by atoms with van der Waals surface area (Å²) in [6, 6.07) is 16.6. The lowest BCUT2D eigenvalue weighted by molar-refractivity contribution is -0.147. The molecule has 7 heteroatoms. The molecule has 0 amide bonds. The first-order valence-electron chi connectivity index (χ1n) is 10.1. The standard InChI is InChI=1S/C24H23N3O2S2/c1-15(2)30-21-8-7-18(9-19(21)10-25)22-11-26-23(31-22)17-5-3-16(4-6-17)12-27-13-20(14-27)24(28)29/h3-9,11,15,20H,12-14H2,1-2H3,(H,28,29). The maximum absolute atomic E-state index is 10.9. The number of aromatic nitrogens is 1. The number of benzene rings is 2. The first-order valence-corrected chi connectivity index (χ1v) is 11.8. The fourth-order valence-electron chi connectivity index (χ4n) is 3.53. The van der Waals surface area contributed by atoms with E-state index in [-0.39, 0.29) is 5.92 Å². The van der Waals surface area contributed by atoms with E-state index in [1.165, 1.54) is 5.56 Å². The molecule has 31 heavy (non-hydrogen) atoms. The average Bonchev–Trinajstić information content (AvgIpc) is 3.20. The van der Waals surface area contributed by atoms with Crippen molar-refractivity contribution in [2.45, 2.75) is 30.5 Å². The molecule has 1 aromatic heterocycles. The van der Waals surface area contributed by atoms with E-state index in [1.54, 1.807) is 23.1 Å². The molecule has 0 atom stereocenters. The summed E-state index contributed by atoms with van der Waals surface area (Å²) in [5.74, 6) is -0.936. The predicted octanol–water partition coefficient (Wildman–Crippen LogP) is 5.37. The summed E-state index contributed by atoms with van der Waals surface area (Å²) in [6.45, 7) is 6.25. The molecule has 0 unspecified atom stereocenters. The number of carbonyl (C=O) groups is 1. The molecule has 1 N–H and O–H groups in total. The van der Waals surface area contributed by atoms with Gasteiger partial charge in [0.1, 0.15) is 11.1 Å². The van der Waals surface area contributed by atoms with Crippen LogP contribution in [0.5, 0.6) is 0 Å². The number of thiazole rings is 1. The monoisotopic (exact) mass is 449 g/mol. The van der Waals surface area contributed by atoms with Crippen molar-refractivity contribution in [3.8, 4) is 27.1 Å². The Labute approximate surface area is 190 Å². The maximum atomic E-state index is 10.9. The van der Waals surface area contributed by atoms with Gasteiger partial charge in [-0.25, -0.2) is 4.98 Å².